The first-order valence-electron chi connectivity index (χ1n) is 7.92. The molecule has 0 saturated carbocycles. The third kappa shape index (κ3) is 6.30. The number of aryl methyl sites for hydroxylation is 1. The number of rotatable bonds is 7. The number of hydrogen-bond donors (Lipinski definition) is 1. The third-order valence-electron chi connectivity index (χ3n) is 3.30. The van der Waals surface area contributed by atoms with Gasteiger partial charge in [0.05, 0.1) is 6.54 Å². The Labute approximate surface area is 150 Å². The molecule has 2 aromatic rings. The summed E-state index contributed by atoms with van der Waals surface area (Å²) in [6.45, 7) is 3.08. The molecule has 0 unspecified atom stereocenters. The maximum absolute atomic E-state index is 12.2. The number of guanidine groups is 1. The molecule has 0 atom stereocenters. The van der Waals surface area contributed by atoms with E-state index >= 15 is 0 Å². The van der Waals surface area contributed by atoms with Crippen LogP contribution in [0.2, 0.25) is 0 Å². The van der Waals surface area contributed by atoms with Gasteiger partial charge in [-0.2, -0.15) is 8.78 Å². The molecule has 1 heterocycles. The van der Waals surface area contributed by atoms with Crippen LogP contribution in [0.15, 0.2) is 35.5 Å². The van der Waals surface area contributed by atoms with Gasteiger partial charge in [0.25, 0.3) is 0 Å². The lowest BCUT2D eigenvalue weighted by Crippen LogP contribution is -2.38. The second-order valence-electron chi connectivity index (χ2n) is 5.41. The zero-order chi connectivity index (χ0) is 18.2. The first kappa shape index (κ1) is 19.1. The van der Waals surface area contributed by atoms with Gasteiger partial charge in [-0.05, 0) is 31.5 Å². The van der Waals surface area contributed by atoms with Gasteiger partial charge in [-0.25, -0.2) is 9.98 Å². The average molecular weight is 368 g/mol. The lowest BCUT2D eigenvalue weighted by Gasteiger charge is -2.22. The van der Waals surface area contributed by atoms with E-state index in [4.69, 9.17) is 0 Å². The monoisotopic (exact) mass is 368 g/mol. The highest BCUT2D eigenvalue weighted by molar-refractivity contribution is 7.11. The van der Waals surface area contributed by atoms with E-state index in [1.165, 1.54) is 12.1 Å². The molecule has 0 aliphatic rings. The number of hydrogen-bond acceptors (Lipinski definition) is 4. The Kier molecular flexibility index (Phi) is 7.12. The second kappa shape index (κ2) is 9.31. The first-order valence-corrected chi connectivity index (χ1v) is 8.74. The summed E-state index contributed by atoms with van der Waals surface area (Å²) in [4.78, 5) is 12.1. The van der Waals surface area contributed by atoms with Gasteiger partial charge in [0.2, 0.25) is 0 Å². The average Bonchev–Trinajstić information content (AvgIpc) is 2.98. The Morgan fingerprint density at radius 3 is 2.64 bits per heavy atom. The van der Waals surface area contributed by atoms with E-state index in [0.717, 1.165) is 28.0 Å². The SMILES string of the molecule is CCNC(=NCc1ncc(C)s1)N(C)Cc1ccc(OC(F)F)cc1. The molecule has 8 heteroatoms. The molecule has 0 aliphatic heterocycles. The Bertz CT molecular complexity index is 688. The van der Waals surface area contributed by atoms with Gasteiger partial charge in [-0.1, -0.05) is 12.1 Å². The second-order valence-corrected chi connectivity index (χ2v) is 6.73. The molecule has 25 heavy (non-hydrogen) atoms. The van der Waals surface area contributed by atoms with Crippen LogP contribution in [-0.4, -0.2) is 36.0 Å². The van der Waals surface area contributed by atoms with Crippen molar-refractivity contribution in [3.05, 3.63) is 45.9 Å². The summed E-state index contributed by atoms with van der Waals surface area (Å²) in [5, 5.41) is 4.21. The highest BCUT2D eigenvalue weighted by atomic mass is 32.1. The minimum absolute atomic E-state index is 0.154. The molecule has 1 aromatic heterocycles. The normalized spacial score (nSPS) is 11.7. The van der Waals surface area contributed by atoms with E-state index in [1.54, 1.807) is 23.5 Å². The highest BCUT2D eigenvalue weighted by Gasteiger charge is 2.09. The fraction of sp³-hybridized carbons (Fsp3) is 0.412. The van der Waals surface area contributed by atoms with Crippen LogP contribution < -0.4 is 10.1 Å². The fourth-order valence-electron chi connectivity index (χ4n) is 2.21. The summed E-state index contributed by atoms with van der Waals surface area (Å²) >= 11 is 1.63. The van der Waals surface area contributed by atoms with Crippen LogP contribution in [0.4, 0.5) is 8.78 Å². The summed E-state index contributed by atoms with van der Waals surface area (Å²) in [5.74, 6) is 0.921. The van der Waals surface area contributed by atoms with Crippen molar-refractivity contribution in [3.63, 3.8) is 0 Å². The molecular weight excluding hydrogens is 346 g/mol. The maximum Gasteiger partial charge on any atom is 0.387 e. The quantitative estimate of drug-likeness (QED) is 0.599. The van der Waals surface area contributed by atoms with Gasteiger partial charge in [0.15, 0.2) is 5.96 Å². The Morgan fingerprint density at radius 2 is 2.08 bits per heavy atom. The molecule has 0 bridgehead atoms. The minimum atomic E-state index is -2.81. The number of nitrogens with one attached hydrogen (secondary N) is 1. The fourth-order valence-corrected chi connectivity index (χ4v) is 2.92. The van der Waals surface area contributed by atoms with Gasteiger partial charge in [-0.3, -0.25) is 0 Å². The Hall–Kier alpha value is -2.22. The van der Waals surface area contributed by atoms with Crippen LogP contribution in [0, 0.1) is 6.92 Å². The molecule has 0 spiro atoms. The number of thiazole rings is 1. The van der Waals surface area contributed by atoms with Crippen LogP contribution in [0.25, 0.3) is 0 Å². The molecule has 1 N–H and O–H groups in total. The van der Waals surface area contributed by atoms with Crippen molar-refractivity contribution < 1.29 is 13.5 Å². The van der Waals surface area contributed by atoms with Crippen LogP contribution in [0.3, 0.4) is 0 Å². The number of ether oxygens (including phenoxy) is 1. The molecule has 5 nitrogen and oxygen atoms in total. The van der Waals surface area contributed by atoms with Gasteiger partial charge < -0.3 is 15.0 Å². The number of halogens is 2. The smallest absolute Gasteiger partial charge is 0.387 e. The minimum Gasteiger partial charge on any atom is -0.435 e. The van der Waals surface area contributed by atoms with E-state index < -0.39 is 6.61 Å². The van der Waals surface area contributed by atoms with Gasteiger partial charge in [-0.15, -0.1) is 11.3 Å². The molecule has 0 saturated heterocycles. The van der Waals surface area contributed by atoms with Gasteiger partial charge in [0, 0.05) is 31.2 Å². The third-order valence-corrected chi connectivity index (χ3v) is 4.20. The summed E-state index contributed by atoms with van der Waals surface area (Å²) in [7, 11) is 1.93. The molecular formula is C17H22F2N4OS. The lowest BCUT2D eigenvalue weighted by atomic mass is 10.2. The van der Waals surface area contributed by atoms with E-state index in [0.29, 0.717) is 13.1 Å². The van der Waals surface area contributed by atoms with Crippen LogP contribution in [0.5, 0.6) is 5.75 Å². The predicted octanol–water partition coefficient (Wildman–Crippen LogP) is 3.65. The van der Waals surface area contributed by atoms with E-state index in [9.17, 15) is 8.78 Å². The van der Waals surface area contributed by atoms with Crippen LogP contribution in [0.1, 0.15) is 22.4 Å². The van der Waals surface area contributed by atoms with Crippen molar-refractivity contribution in [3.8, 4) is 5.75 Å². The summed E-state index contributed by atoms with van der Waals surface area (Å²) in [5.41, 5.74) is 0.972. The first-order chi connectivity index (χ1) is 12.0. The van der Waals surface area contributed by atoms with Gasteiger partial charge in [0.1, 0.15) is 10.8 Å². The number of aromatic nitrogens is 1. The summed E-state index contributed by atoms with van der Waals surface area (Å²) in [6, 6.07) is 6.61. The molecule has 136 valence electrons. The van der Waals surface area contributed by atoms with Crippen molar-refractivity contribution in [2.24, 2.45) is 4.99 Å². The largest absolute Gasteiger partial charge is 0.435 e. The van der Waals surface area contributed by atoms with Crippen LogP contribution >= 0.6 is 11.3 Å². The molecule has 0 amide bonds. The summed E-state index contributed by atoms with van der Waals surface area (Å²) < 4.78 is 28.7. The van der Waals surface area contributed by atoms with E-state index in [2.05, 4.69) is 20.0 Å². The van der Waals surface area contributed by atoms with Crippen molar-refractivity contribution in [2.45, 2.75) is 33.5 Å². The lowest BCUT2D eigenvalue weighted by molar-refractivity contribution is -0.0498. The van der Waals surface area contributed by atoms with Crippen LogP contribution in [-0.2, 0) is 13.1 Å². The predicted molar refractivity (Wildman–Crippen MR) is 96.2 cm³/mol. The summed E-state index contributed by atoms with van der Waals surface area (Å²) in [6.07, 6.45) is 1.84. The zero-order valence-electron chi connectivity index (χ0n) is 14.5. The molecule has 0 radical (unpaired) electrons. The van der Waals surface area contributed by atoms with Crippen molar-refractivity contribution in [1.29, 1.82) is 0 Å². The molecule has 1 aromatic carbocycles. The highest BCUT2D eigenvalue weighted by Crippen LogP contribution is 2.16. The van der Waals surface area contributed by atoms with Crippen molar-refractivity contribution >= 4 is 17.3 Å². The molecule has 0 aliphatic carbocycles. The maximum atomic E-state index is 12.2. The number of alkyl halides is 2. The molecule has 0 fully saturated rings. The van der Waals surface area contributed by atoms with E-state index in [-0.39, 0.29) is 5.75 Å². The standard InChI is InChI=1S/C17H22F2N4OS/c1-4-20-17(22-10-15-21-9-12(2)25-15)23(3)11-13-5-7-14(8-6-13)24-16(18)19/h5-9,16H,4,10-11H2,1-3H3,(H,20,22). The topological polar surface area (TPSA) is 49.8 Å². The Balaban J connectivity index is 2.00. The number of nitrogens with zero attached hydrogens (tertiary/aromatic N) is 3. The van der Waals surface area contributed by atoms with Gasteiger partial charge >= 0.3 is 6.61 Å². The number of aliphatic imine (C=N–C) groups is 1. The molecule has 2 rings (SSSR count). The van der Waals surface area contributed by atoms with Crippen molar-refractivity contribution in [1.82, 2.24) is 15.2 Å². The van der Waals surface area contributed by atoms with Crippen molar-refractivity contribution in [2.75, 3.05) is 13.6 Å². The Morgan fingerprint density at radius 1 is 1.36 bits per heavy atom. The number of benzene rings is 1. The zero-order valence-corrected chi connectivity index (χ0v) is 15.3. The van der Waals surface area contributed by atoms with E-state index in [1.807, 2.05) is 32.0 Å².